The summed E-state index contributed by atoms with van der Waals surface area (Å²) < 4.78 is 19.5. The summed E-state index contributed by atoms with van der Waals surface area (Å²) in [5, 5.41) is 0. The molecule has 20 heavy (non-hydrogen) atoms. The van der Waals surface area contributed by atoms with Crippen LogP contribution in [0.3, 0.4) is 0 Å². The predicted octanol–water partition coefficient (Wildman–Crippen LogP) is 3.84. The Morgan fingerprint density at radius 3 is 2.80 bits per heavy atom. The van der Waals surface area contributed by atoms with Crippen molar-refractivity contribution in [2.24, 2.45) is 5.73 Å². The van der Waals surface area contributed by atoms with Gasteiger partial charge in [-0.25, -0.2) is 4.39 Å². The van der Waals surface area contributed by atoms with Crippen molar-refractivity contribution in [3.8, 4) is 5.75 Å². The number of hydrogen-bond acceptors (Lipinski definition) is 3. The number of hydrogen-bond donors (Lipinski definition) is 1. The Morgan fingerprint density at radius 1 is 1.40 bits per heavy atom. The Morgan fingerprint density at radius 2 is 2.20 bits per heavy atom. The lowest BCUT2D eigenvalue weighted by Crippen LogP contribution is -2.31. The molecule has 2 rings (SSSR count). The van der Waals surface area contributed by atoms with Gasteiger partial charge < -0.3 is 10.5 Å². The van der Waals surface area contributed by atoms with Gasteiger partial charge in [0.05, 0.1) is 4.47 Å². The second-order valence-corrected chi connectivity index (χ2v) is 5.33. The van der Waals surface area contributed by atoms with E-state index in [1.807, 2.05) is 19.1 Å². The zero-order valence-corrected chi connectivity index (χ0v) is 12.7. The number of nitrogens with two attached hydrogens (primary N) is 1. The molecular formula is C15H16BrFN2O. The van der Waals surface area contributed by atoms with Gasteiger partial charge in [-0.15, -0.1) is 0 Å². The minimum Gasteiger partial charge on any atom is -0.484 e. The third-order valence-corrected chi connectivity index (χ3v) is 3.64. The molecule has 2 aromatic rings. The van der Waals surface area contributed by atoms with E-state index in [4.69, 9.17) is 10.5 Å². The van der Waals surface area contributed by atoms with Crippen molar-refractivity contribution in [1.29, 1.82) is 0 Å². The fraction of sp³-hybridized carbons (Fsp3) is 0.267. The first-order valence-electron chi connectivity index (χ1n) is 6.39. The molecule has 0 spiro atoms. The van der Waals surface area contributed by atoms with Crippen LogP contribution in [0, 0.1) is 5.82 Å². The SMILES string of the molecule is CCC(N)C(Oc1ccc(F)c(Br)c1)c1cccnc1. The third kappa shape index (κ3) is 3.55. The molecule has 0 aliphatic heterocycles. The van der Waals surface area contributed by atoms with Gasteiger partial charge in [0.15, 0.2) is 0 Å². The molecule has 1 heterocycles. The van der Waals surface area contributed by atoms with Crippen molar-refractivity contribution >= 4 is 15.9 Å². The zero-order valence-electron chi connectivity index (χ0n) is 11.1. The molecule has 0 bridgehead atoms. The summed E-state index contributed by atoms with van der Waals surface area (Å²) in [6, 6.07) is 8.15. The fourth-order valence-corrected chi connectivity index (χ4v) is 2.22. The molecule has 0 saturated carbocycles. The molecule has 0 radical (unpaired) electrons. The van der Waals surface area contributed by atoms with Crippen LogP contribution in [0.15, 0.2) is 47.2 Å². The van der Waals surface area contributed by atoms with Crippen LogP contribution in [0.4, 0.5) is 4.39 Å². The molecule has 2 unspecified atom stereocenters. The fourth-order valence-electron chi connectivity index (χ4n) is 1.86. The van der Waals surface area contributed by atoms with Gasteiger partial charge in [0, 0.05) is 24.0 Å². The van der Waals surface area contributed by atoms with E-state index in [9.17, 15) is 4.39 Å². The van der Waals surface area contributed by atoms with E-state index in [1.54, 1.807) is 24.5 Å². The minimum absolute atomic E-state index is 0.164. The lowest BCUT2D eigenvalue weighted by molar-refractivity contribution is 0.170. The molecule has 5 heteroatoms. The van der Waals surface area contributed by atoms with Gasteiger partial charge >= 0.3 is 0 Å². The third-order valence-electron chi connectivity index (χ3n) is 3.03. The van der Waals surface area contributed by atoms with Gasteiger partial charge in [-0.2, -0.15) is 0 Å². The lowest BCUT2D eigenvalue weighted by Gasteiger charge is -2.24. The van der Waals surface area contributed by atoms with Crippen molar-refractivity contribution < 1.29 is 9.13 Å². The highest BCUT2D eigenvalue weighted by Crippen LogP contribution is 2.28. The van der Waals surface area contributed by atoms with Gasteiger partial charge in [0.1, 0.15) is 17.7 Å². The van der Waals surface area contributed by atoms with E-state index in [-0.39, 0.29) is 18.0 Å². The van der Waals surface area contributed by atoms with Crippen molar-refractivity contribution in [3.63, 3.8) is 0 Å². The second-order valence-electron chi connectivity index (χ2n) is 4.47. The maximum atomic E-state index is 13.2. The lowest BCUT2D eigenvalue weighted by atomic mass is 10.0. The first-order chi connectivity index (χ1) is 9.61. The first-order valence-corrected chi connectivity index (χ1v) is 7.18. The number of aromatic nitrogens is 1. The normalized spacial score (nSPS) is 13.8. The number of pyridine rings is 1. The van der Waals surface area contributed by atoms with Crippen molar-refractivity contribution in [2.75, 3.05) is 0 Å². The van der Waals surface area contributed by atoms with Gasteiger partial charge in [0.2, 0.25) is 0 Å². The van der Waals surface area contributed by atoms with Crippen LogP contribution in [-0.4, -0.2) is 11.0 Å². The molecule has 0 amide bonds. The smallest absolute Gasteiger partial charge is 0.140 e. The summed E-state index contributed by atoms with van der Waals surface area (Å²) in [6.07, 6.45) is 3.89. The van der Waals surface area contributed by atoms with E-state index in [2.05, 4.69) is 20.9 Å². The van der Waals surface area contributed by atoms with Crippen molar-refractivity contribution in [1.82, 2.24) is 4.98 Å². The minimum atomic E-state index is -0.324. The Labute approximate surface area is 126 Å². The molecule has 0 fully saturated rings. The number of ether oxygens (including phenoxy) is 1. The van der Waals surface area contributed by atoms with Crippen LogP contribution in [-0.2, 0) is 0 Å². The van der Waals surface area contributed by atoms with E-state index in [0.717, 1.165) is 12.0 Å². The highest BCUT2D eigenvalue weighted by molar-refractivity contribution is 9.10. The van der Waals surface area contributed by atoms with Crippen LogP contribution in [0.25, 0.3) is 0 Å². The van der Waals surface area contributed by atoms with Gasteiger partial charge in [0.25, 0.3) is 0 Å². The summed E-state index contributed by atoms with van der Waals surface area (Å²) in [6.45, 7) is 2.00. The highest BCUT2D eigenvalue weighted by Gasteiger charge is 2.21. The van der Waals surface area contributed by atoms with E-state index >= 15 is 0 Å². The molecule has 1 aromatic carbocycles. The number of nitrogens with zero attached hydrogens (tertiary/aromatic N) is 1. The molecular weight excluding hydrogens is 323 g/mol. The summed E-state index contributed by atoms with van der Waals surface area (Å²) in [7, 11) is 0. The average molecular weight is 339 g/mol. The first kappa shape index (κ1) is 14.9. The molecule has 0 aliphatic rings. The van der Waals surface area contributed by atoms with E-state index in [0.29, 0.717) is 10.2 Å². The Kier molecular flexibility index (Phi) is 5.09. The second kappa shape index (κ2) is 6.81. The molecule has 0 aliphatic carbocycles. The Hall–Kier alpha value is -1.46. The monoisotopic (exact) mass is 338 g/mol. The summed E-state index contributed by atoms with van der Waals surface area (Å²) in [5.41, 5.74) is 7.03. The molecule has 3 nitrogen and oxygen atoms in total. The Bertz CT molecular complexity index is 565. The topological polar surface area (TPSA) is 48.1 Å². The zero-order chi connectivity index (χ0) is 14.5. The summed E-state index contributed by atoms with van der Waals surface area (Å²) in [4.78, 5) is 4.09. The van der Waals surface area contributed by atoms with Crippen molar-refractivity contribution in [2.45, 2.75) is 25.5 Å². The molecule has 2 N–H and O–H groups in total. The van der Waals surface area contributed by atoms with Gasteiger partial charge in [-0.1, -0.05) is 13.0 Å². The number of halogens is 2. The largest absolute Gasteiger partial charge is 0.484 e. The van der Waals surface area contributed by atoms with Crippen LogP contribution in [0.2, 0.25) is 0 Å². The summed E-state index contributed by atoms with van der Waals surface area (Å²) in [5.74, 6) is 0.242. The highest BCUT2D eigenvalue weighted by atomic mass is 79.9. The average Bonchev–Trinajstić information content (AvgIpc) is 2.48. The van der Waals surface area contributed by atoms with Gasteiger partial charge in [-0.05, 0) is 46.6 Å². The summed E-state index contributed by atoms with van der Waals surface area (Å²) >= 11 is 3.15. The van der Waals surface area contributed by atoms with Crippen LogP contribution >= 0.6 is 15.9 Å². The number of rotatable bonds is 5. The Balaban J connectivity index is 2.26. The van der Waals surface area contributed by atoms with E-state index in [1.165, 1.54) is 6.07 Å². The maximum absolute atomic E-state index is 13.2. The van der Waals surface area contributed by atoms with Crippen LogP contribution in [0.1, 0.15) is 25.0 Å². The molecule has 1 aromatic heterocycles. The van der Waals surface area contributed by atoms with E-state index < -0.39 is 0 Å². The molecule has 106 valence electrons. The maximum Gasteiger partial charge on any atom is 0.140 e. The van der Waals surface area contributed by atoms with Crippen molar-refractivity contribution in [3.05, 3.63) is 58.6 Å². The standard InChI is InChI=1S/C15H16BrFN2O/c1-2-14(18)15(10-4-3-7-19-9-10)20-11-5-6-13(17)12(16)8-11/h3-9,14-15H,2,18H2,1H3. The predicted molar refractivity (Wildman–Crippen MR) is 80.0 cm³/mol. The molecule has 0 saturated heterocycles. The van der Waals surface area contributed by atoms with Gasteiger partial charge in [-0.3, -0.25) is 4.98 Å². The molecule has 2 atom stereocenters. The van der Waals surface area contributed by atoms with Crippen LogP contribution in [0.5, 0.6) is 5.75 Å². The quantitative estimate of drug-likeness (QED) is 0.900. The number of benzene rings is 1. The van der Waals surface area contributed by atoms with Crippen LogP contribution < -0.4 is 10.5 Å².